The van der Waals surface area contributed by atoms with Gasteiger partial charge in [-0.25, -0.2) is 4.98 Å². The van der Waals surface area contributed by atoms with E-state index in [1.165, 1.54) is 6.26 Å². The van der Waals surface area contributed by atoms with Gasteiger partial charge in [-0.2, -0.15) is 0 Å². The molecule has 1 aliphatic rings. The van der Waals surface area contributed by atoms with Gasteiger partial charge >= 0.3 is 0 Å². The molecule has 1 N–H and O–H groups in total. The number of piperidine rings is 1. The third-order valence-corrected chi connectivity index (χ3v) is 5.19. The summed E-state index contributed by atoms with van der Waals surface area (Å²) in [6, 6.07) is 14.0. The van der Waals surface area contributed by atoms with Gasteiger partial charge in [-0.1, -0.05) is 30.3 Å². The summed E-state index contributed by atoms with van der Waals surface area (Å²) < 4.78 is 5.20. The first-order chi connectivity index (χ1) is 12.3. The highest BCUT2D eigenvalue weighted by molar-refractivity contribution is 7.14. The van der Waals surface area contributed by atoms with Crippen molar-refractivity contribution in [3.05, 3.63) is 59.9 Å². The van der Waals surface area contributed by atoms with E-state index in [2.05, 4.69) is 27.8 Å². The molecular formula is C19H19N3O2S. The van der Waals surface area contributed by atoms with E-state index in [1.54, 1.807) is 23.5 Å². The molecule has 1 aromatic carbocycles. The maximum Gasteiger partial charge on any atom is 0.289 e. The molecule has 5 nitrogen and oxygen atoms in total. The van der Waals surface area contributed by atoms with Crippen LogP contribution in [0.15, 0.2) is 58.5 Å². The molecule has 0 spiro atoms. The van der Waals surface area contributed by atoms with Gasteiger partial charge in [-0.3, -0.25) is 4.79 Å². The summed E-state index contributed by atoms with van der Waals surface area (Å²) in [4.78, 5) is 18.8. The number of nitrogens with one attached hydrogen (secondary N) is 1. The molecule has 3 aromatic rings. The number of furan rings is 1. The highest BCUT2D eigenvalue weighted by Crippen LogP contribution is 2.26. The van der Waals surface area contributed by atoms with Crippen molar-refractivity contribution >= 4 is 22.4 Å². The van der Waals surface area contributed by atoms with Gasteiger partial charge in [-0.05, 0) is 25.0 Å². The Morgan fingerprint density at radius 1 is 1.16 bits per heavy atom. The van der Waals surface area contributed by atoms with Crippen LogP contribution in [0.1, 0.15) is 23.4 Å². The summed E-state index contributed by atoms with van der Waals surface area (Å²) in [5, 5.41) is 6.53. The molecule has 0 aliphatic carbocycles. The van der Waals surface area contributed by atoms with Gasteiger partial charge in [0.1, 0.15) is 0 Å². The van der Waals surface area contributed by atoms with Crippen LogP contribution >= 0.6 is 11.3 Å². The third-order valence-electron chi connectivity index (χ3n) is 4.42. The molecule has 0 radical (unpaired) electrons. The quantitative estimate of drug-likeness (QED) is 0.766. The first kappa shape index (κ1) is 15.9. The monoisotopic (exact) mass is 353 g/mol. The van der Waals surface area contributed by atoms with Crippen LogP contribution in [0.25, 0.3) is 11.3 Å². The van der Waals surface area contributed by atoms with Crippen molar-refractivity contribution < 1.29 is 9.21 Å². The van der Waals surface area contributed by atoms with Crippen molar-refractivity contribution in [2.45, 2.75) is 18.9 Å². The number of aromatic nitrogens is 1. The van der Waals surface area contributed by atoms with Crippen LogP contribution in [-0.4, -0.2) is 34.9 Å². The molecule has 4 rings (SSSR count). The van der Waals surface area contributed by atoms with Crippen LogP contribution in [0, 0.1) is 0 Å². The molecule has 1 aliphatic heterocycles. The number of carbonyl (C=O) groups is 1. The lowest BCUT2D eigenvalue weighted by atomic mass is 10.1. The second kappa shape index (κ2) is 7.11. The molecule has 6 heteroatoms. The fourth-order valence-electron chi connectivity index (χ4n) is 3.04. The van der Waals surface area contributed by atoms with Crippen LogP contribution in [0.5, 0.6) is 0 Å². The minimum Gasteiger partial charge on any atom is -0.459 e. The van der Waals surface area contributed by atoms with Crippen molar-refractivity contribution in [3.8, 4) is 11.3 Å². The minimum absolute atomic E-state index is 0.0240. The Labute approximate surface area is 150 Å². The molecule has 25 heavy (non-hydrogen) atoms. The average Bonchev–Trinajstić information content (AvgIpc) is 3.35. The lowest BCUT2D eigenvalue weighted by Gasteiger charge is -2.31. The summed E-state index contributed by atoms with van der Waals surface area (Å²) in [5.74, 6) is 0.392. The van der Waals surface area contributed by atoms with Crippen LogP contribution in [-0.2, 0) is 0 Å². The largest absolute Gasteiger partial charge is 0.459 e. The Kier molecular flexibility index (Phi) is 4.52. The Morgan fingerprint density at radius 2 is 1.96 bits per heavy atom. The van der Waals surface area contributed by atoms with Crippen molar-refractivity contribution in [1.82, 2.24) is 9.88 Å². The number of hydrogen-bond donors (Lipinski definition) is 1. The fourth-order valence-corrected chi connectivity index (χ4v) is 3.84. The predicted molar refractivity (Wildman–Crippen MR) is 98.8 cm³/mol. The van der Waals surface area contributed by atoms with Gasteiger partial charge in [-0.15, -0.1) is 11.3 Å². The maximum atomic E-state index is 12.3. The van der Waals surface area contributed by atoms with Crippen LogP contribution in [0.4, 0.5) is 5.13 Å². The SMILES string of the molecule is O=C(c1ccco1)N1CCC(Nc2nc(-c3ccccc3)cs2)CC1. The molecule has 0 atom stereocenters. The van der Waals surface area contributed by atoms with Crippen LogP contribution < -0.4 is 5.32 Å². The fraction of sp³-hybridized carbons (Fsp3) is 0.263. The van der Waals surface area contributed by atoms with Crippen molar-refractivity contribution in [3.63, 3.8) is 0 Å². The Morgan fingerprint density at radius 3 is 2.68 bits per heavy atom. The minimum atomic E-state index is -0.0240. The molecule has 1 amide bonds. The van der Waals surface area contributed by atoms with Gasteiger partial charge in [0.05, 0.1) is 12.0 Å². The summed E-state index contributed by atoms with van der Waals surface area (Å²) in [6.07, 6.45) is 3.35. The molecular weight excluding hydrogens is 334 g/mol. The highest BCUT2D eigenvalue weighted by Gasteiger charge is 2.25. The number of anilines is 1. The van der Waals surface area contributed by atoms with E-state index in [-0.39, 0.29) is 5.91 Å². The molecule has 0 saturated carbocycles. The first-order valence-electron chi connectivity index (χ1n) is 8.40. The first-order valence-corrected chi connectivity index (χ1v) is 9.28. The number of rotatable bonds is 4. The smallest absolute Gasteiger partial charge is 0.289 e. The Bertz CT molecular complexity index is 821. The van der Waals surface area contributed by atoms with Crippen molar-refractivity contribution in [1.29, 1.82) is 0 Å². The van der Waals surface area contributed by atoms with E-state index in [1.807, 2.05) is 23.1 Å². The Hall–Kier alpha value is -2.60. The van der Waals surface area contributed by atoms with Gasteiger partial charge in [0.15, 0.2) is 10.9 Å². The van der Waals surface area contributed by atoms with Gasteiger partial charge in [0.2, 0.25) is 0 Å². The number of carbonyl (C=O) groups excluding carboxylic acids is 1. The van der Waals surface area contributed by atoms with E-state index < -0.39 is 0 Å². The van der Waals surface area contributed by atoms with Crippen LogP contribution in [0.2, 0.25) is 0 Å². The number of amides is 1. The number of hydrogen-bond acceptors (Lipinski definition) is 5. The zero-order valence-electron chi connectivity index (χ0n) is 13.7. The molecule has 1 saturated heterocycles. The van der Waals surface area contributed by atoms with E-state index in [9.17, 15) is 4.79 Å². The number of likely N-dealkylation sites (tertiary alicyclic amines) is 1. The van der Waals surface area contributed by atoms with Crippen molar-refractivity contribution in [2.75, 3.05) is 18.4 Å². The normalized spacial score (nSPS) is 15.3. The molecule has 0 bridgehead atoms. The number of benzene rings is 1. The third kappa shape index (κ3) is 3.58. The second-order valence-electron chi connectivity index (χ2n) is 6.09. The molecule has 2 aromatic heterocycles. The lowest BCUT2D eigenvalue weighted by molar-refractivity contribution is 0.0686. The summed E-state index contributed by atoms with van der Waals surface area (Å²) in [6.45, 7) is 1.46. The zero-order chi connectivity index (χ0) is 17.1. The van der Waals surface area contributed by atoms with Crippen molar-refractivity contribution in [2.24, 2.45) is 0 Å². The average molecular weight is 353 g/mol. The van der Waals surface area contributed by atoms with E-state index in [0.717, 1.165) is 42.3 Å². The number of thiazole rings is 1. The van der Waals surface area contributed by atoms with E-state index in [4.69, 9.17) is 4.42 Å². The zero-order valence-corrected chi connectivity index (χ0v) is 14.5. The van der Waals surface area contributed by atoms with Gasteiger partial charge < -0.3 is 14.6 Å². The predicted octanol–water partition coefficient (Wildman–Crippen LogP) is 4.12. The lowest BCUT2D eigenvalue weighted by Crippen LogP contribution is -2.42. The number of nitrogens with zero attached hydrogens (tertiary/aromatic N) is 2. The molecule has 128 valence electrons. The van der Waals surface area contributed by atoms with Crippen LogP contribution in [0.3, 0.4) is 0 Å². The van der Waals surface area contributed by atoms with E-state index >= 15 is 0 Å². The summed E-state index contributed by atoms with van der Waals surface area (Å²) >= 11 is 1.63. The summed E-state index contributed by atoms with van der Waals surface area (Å²) in [5.41, 5.74) is 2.13. The molecule has 0 unspecified atom stereocenters. The maximum absolute atomic E-state index is 12.3. The van der Waals surface area contributed by atoms with E-state index in [0.29, 0.717) is 11.8 Å². The molecule has 3 heterocycles. The Balaban J connectivity index is 1.33. The van der Waals surface area contributed by atoms with Gasteiger partial charge in [0, 0.05) is 30.1 Å². The second-order valence-corrected chi connectivity index (χ2v) is 6.95. The topological polar surface area (TPSA) is 58.4 Å². The van der Waals surface area contributed by atoms with Gasteiger partial charge in [0.25, 0.3) is 5.91 Å². The highest BCUT2D eigenvalue weighted by atomic mass is 32.1. The standard InChI is InChI=1S/C19H19N3O2S/c23-18(17-7-4-12-24-17)22-10-8-15(9-11-22)20-19-21-16(13-25-19)14-5-2-1-3-6-14/h1-7,12-13,15H,8-11H2,(H,20,21). The summed E-state index contributed by atoms with van der Waals surface area (Å²) in [7, 11) is 0. The molecule has 1 fully saturated rings.